The number of amides is 1. The largest absolute Gasteiger partial charge is 0.507 e. The van der Waals surface area contributed by atoms with E-state index in [4.69, 9.17) is 0 Å². The van der Waals surface area contributed by atoms with Crippen LogP contribution in [0.1, 0.15) is 22.8 Å². The summed E-state index contributed by atoms with van der Waals surface area (Å²) in [5.41, 5.74) is 2.72. The number of hydrogen-bond acceptors (Lipinski definition) is 5. The molecule has 2 rings (SSSR count). The van der Waals surface area contributed by atoms with Crippen molar-refractivity contribution in [2.75, 3.05) is 0 Å². The second kappa shape index (κ2) is 6.49. The number of aromatic hydroxyl groups is 1. The molecule has 0 atom stereocenters. The molecule has 0 spiro atoms. The summed E-state index contributed by atoms with van der Waals surface area (Å²) in [6.07, 6.45) is 0. The van der Waals surface area contributed by atoms with E-state index in [1.807, 2.05) is 0 Å². The monoisotopic (exact) mass is 299 g/mol. The van der Waals surface area contributed by atoms with E-state index in [9.17, 15) is 20.0 Å². The highest BCUT2D eigenvalue weighted by Crippen LogP contribution is 2.18. The number of hydrazone groups is 1. The molecule has 0 fully saturated rings. The normalized spacial score (nSPS) is 11.0. The number of para-hydroxylation sites is 2. The molecule has 0 radical (unpaired) electrons. The summed E-state index contributed by atoms with van der Waals surface area (Å²) in [5.74, 6) is -0.661. The van der Waals surface area contributed by atoms with Gasteiger partial charge in [-0.2, -0.15) is 5.10 Å². The summed E-state index contributed by atoms with van der Waals surface area (Å²) in [6, 6.07) is 12.1. The van der Waals surface area contributed by atoms with E-state index in [0.29, 0.717) is 11.3 Å². The number of benzene rings is 2. The molecule has 0 aliphatic heterocycles. The van der Waals surface area contributed by atoms with Crippen LogP contribution >= 0.6 is 0 Å². The first-order chi connectivity index (χ1) is 10.5. The molecule has 7 heteroatoms. The van der Waals surface area contributed by atoms with Crippen molar-refractivity contribution in [1.82, 2.24) is 5.43 Å². The lowest BCUT2D eigenvalue weighted by molar-refractivity contribution is -0.385. The van der Waals surface area contributed by atoms with E-state index >= 15 is 0 Å². The minimum atomic E-state index is -0.693. The van der Waals surface area contributed by atoms with E-state index in [0.717, 1.165) is 0 Å². The van der Waals surface area contributed by atoms with Gasteiger partial charge >= 0.3 is 0 Å². The highest BCUT2D eigenvalue weighted by molar-refractivity contribution is 6.03. The third-order valence-electron chi connectivity index (χ3n) is 2.96. The van der Waals surface area contributed by atoms with Gasteiger partial charge in [0.1, 0.15) is 11.3 Å². The van der Waals surface area contributed by atoms with Gasteiger partial charge in [0.2, 0.25) is 0 Å². The fraction of sp³-hybridized carbons (Fsp3) is 0.0667. The van der Waals surface area contributed by atoms with Crippen LogP contribution < -0.4 is 5.43 Å². The summed E-state index contributed by atoms with van der Waals surface area (Å²) < 4.78 is 0. The Hall–Kier alpha value is -3.22. The zero-order valence-electron chi connectivity index (χ0n) is 11.7. The topological polar surface area (TPSA) is 105 Å². The molecule has 7 nitrogen and oxygen atoms in total. The highest BCUT2D eigenvalue weighted by Gasteiger charge is 2.18. The predicted molar refractivity (Wildman–Crippen MR) is 80.9 cm³/mol. The highest BCUT2D eigenvalue weighted by atomic mass is 16.6. The Kier molecular flexibility index (Phi) is 4.47. The van der Waals surface area contributed by atoms with Gasteiger partial charge in [0.25, 0.3) is 11.6 Å². The number of nitro groups is 1. The Morgan fingerprint density at radius 3 is 2.36 bits per heavy atom. The van der Waals surface area contributed by atoms with Crippen LogP contribution in [0.25, 0.3) is 0 Å². The molecule has 0 aliphatic carbocycles. The summed E-state index contributed by atoms with van der Waals surface area (Å²) in [7, 11) is 0. The quantitative estimate of drug-likeness (QED) is 0.514. The van der Waals surface area contributed by atoms with Crippen molar-refractivity contribution in [1.29, 1.82) is 0 Å². The van der Waals surface area contributed by atoms with Gasteiger partial charge in [-0.1, -0.05) is 24.3 Å². The number of nitrogens with zero attached hydrogens (tertiary/aromatic N) is 2. The lowest BCUT2D eigenvalue weighted by Crippen LogP contribution is -2.20. The minimum Gasteiger partial charge on any atom is -0.507 e. The van der Waals surface area contributed by atoms with Crippen LogP contribution in [0.4, 0.5) is 5.69 Å². The van der Waals surface area contributed by atoms with Crippen molar-refractivity contribution < 1.29 is 14.8 Å². The van der Waals surface area contributed by atoms with Gasteiger partial charge in [0, 0.05) is 11.6 Å². The predicted octanol–water partition coefficient (Wildman–Crippen LogP) is 2.45. The summed E-state index contributed by atoms with van der Waals surface area (Å²) in [5, 5.41) is 24.5. The molecule has 0 bridgehead atoms. The second-order valence-electron chi connectivity index (χ2n) is 4.43. The number of nitrogens with one attached hydrogen (secondary N) is 1. The molecule has 0 heterocycles. The van der Waals surface area contributed by atoms with Crippen LogP contribution in [0.15, 0.2) is 53.6 Å². The van der Waals surface area contributed by atoms with Gasteiger partial charge in [0.05, 0.1) is 10.6 Å². The molecule has 2 aromatic carbocycles. The molecular weight excluding hydrogens is 286 g/mol. The van der Waals surface area contributed by atoms with Crippen molar-refractivity contribution in [3.8, 4) is 5.75 Å². The molecule has 112 valence electrons. The van der Waals surface area contributed by atoms with Crippen molar-refractivity contribution in [3.05, 3.63) is 69.8 Å². The Morgan fingerprint density at radius 2 is 1.73 bits per heavy atom. The van der Waals surface area contributed by atoms with Gasteiger partial charge < -0.3 is 5.11 Å². The summed E-state index contributed by atoms with van der Waals surface area (Å²) >= 11 is 0. The van der Waals surface area contributed by atoms with Crippen molar-refractivity contribution in [2.45, 2.75) is 6.92 Å². The van der Waals surface area contributed by atoms with Crippen molar-refractivity contribution in [2.24, 2.45) is 5.10 Å². The Bertz CT molecular complexity index is 756. The number of nitro benzene ring substituents is 1. The summed E-state index contributed by atoms with van der Waals surface area (Å²) in [4.78, 5) is 22.3. The van der Waals surface area contributed by atoms with E-state index < -0.39 is 10.8 Å². The maximum atomic E-state index is 12.0. The lowest BCUT2D eigenvalue weighted by atomic mass is 10.1. The standard InChI is InChI=1S/C15H13N3O4/c1-10(11-6-3-5-9-14(11)19)16-17-15(20)12-7-2-4-8-13(12)18(21)22/h2-9,19H,1H3,(H,17,20)/b16-10+. The van der Waals surface area contributed by atoms with Crippen LogP contribution in [-0.2, 0) is 0 Å². The second-order valence-corrected chi connectivity index (χ2v) is 4.43. The molecule has 22 heavy (non-hydrogen) atoms. The van der Waals surface area contributed by atoms with Crippen LogP contribution in [0, 0.1) is 10.1 Å². The number of carbonyl (C=O) groups is 1. The number of rotatable bonds is 4. The fourth-order valence-corrected chi connectivity index (χ4v) is 1.86. The van der Waals surface area contributed by atoms with Gasteiger partial charge in [-0.25, -0.2) is 5.43 Å². The smallest absolute Gasteiger partial charge is 0.282 e. The van der Waals surface area contributed by atoms with Crippen LogP contribution in [-0.4, -0.2) is 21.6 Å². The maximum absolute atomic E-state index is 12.0. The lowest BCUT2D eigenvalue weighted by Gasteiger charge is -2.05. The molecule has 0 saturated carbocycles. The van der Waals surface area contributed by atoms with E-state index in [2.05, 4.69) is 10.5 Å². The zero-order valence-corrected chi connectivity index (χ0v) is 11.7. The van der Waals surface area contributed by atoms with Crippen molar-refractivity contribution >= 4 is 17.3 Å². The fourth-order valence-electron chi connectivity index (χ4n) is 1.86. The Morgan fingerprint density at radius 1 is 1.14 bits per heavy atom. The van der Waals surface area contributed by atoms with Crippen LogP contribution in [0.2, 0.25) is 0 Å². The summed E-state index contributed by atoms with van der Waals surface area (Å²) in [6.45, 7) is 1.61. The minimum absolute atomic E-state index is 0.0312. The Balaban J connectivity index is 2.22. The molecular formula is C15H13N3O4. The van der Waals surface area contributed by atoms with Gasteiger partial charge in [0.15, 0.2) is 0 Å². The zero-order chi connectivity index (χ0) is 16.1. The molecule has 2 N–H and O–H groups in total. The first-order valence-corrected chi connectivity index (χ1v) is 6.37. The molecule has 0 aliphatic rings. The SMILES string of the molecule is C/C(=N\NC(=O)c1ccccc1[N+](=O)[O-])c1ccccc1O. The van der Waals surface area contributed by atoms with Crippen molar-refractivity contribution in [3.63, 3.8) is 0 Å². The van der Waals surface area contributed by atoms with Gasteiger partial charge in [-0.15, -0.1) is 0 Å². The number of phenolic OH excluding ortho intramolecular Hbond substituents is 1. The first kappa shape index (κ1) is 15.2. The average Bonchev–Trinajstić information content (AvgIpc) is 2.52. The van der Waals surface area contributed by atoms with E-state index in [1.54, 1.807) is 25.1 Å². The molecule has 0 unspecified atom stereocenters. The Labute approximate surface area is 126 Å². The number of carbonyl (C=O) groups excluding carboxylic acids is 1. The van der Waals surface area contributed by atoms with Gasteiger partial charge in [-0.3, -0.25) is 14.9 Å². The third kappa shape index (κ3) is 3.26. The maximum Gasteiger partial charge on any atom is 0.282 e. The first-order valence-electron chi connectivity index (χ1n) is 6.37. The number of hydrogen-bond donors (Lipinski definition) is 2. The van der Waals surface area contributed by atoms with Crippen LogP contribution in [0.3, 0.4) is 0 Å². The van der Waals surface area contributed by atoms with E-state index in [-0.39, 0.29) is 17.0 Å². The van der Waals surface area contributed by atoms with E-state index in [1.165, 1.54) is 30.3 Å². The number of phenols is 1. The van der Waals surface area contributed by atoms with Crippen LogP contribution in [0.5, 0.6) is 5.75 Å². The molecule has 1 amide bonds. The molecule has 2 aromatic rings. The molecule has 0 aromatic heterocycles. The molecule has 0 saturated heterocycles. The average molecular weight is 299 g/mol. The van der Waals surface area contributed by atoms with Gasteiger partial charge in [-0.05, 0) is 25.1 Å². The third-order valence-corrected chi connectivity index (χ3v) is 2.96.